The van der Waals surface area contributed by atoms with Crippen molar-refractivity contribution in [3.05, 3.63) is 157 Å². The highest BCUT2D eigenvalue weighted by molar-refractivity contribution is 5.93. The van der Waals surface area contributed by atoms with Crippen molar-refractivity contribution in [2.45, 2.75) is 0 Å². The molecule has 0 amide bonds. The molecule has 0 spiro atoms. The Labute approximate surface area is 244 Å². The number of benzene rings is 5. The normalized spacial score (nSPS) is 12.1. The number of para-hydroxylation sites is 3. The summed E-state index contributed by atoms with van der Waals surface area (Å²) in [5.74, 6) is 0.858. The molecule has 0 unspecified atom stereocenters. The van der Waals surface area contributed by atoms with Crippen LogP contribution in [0.25, 0.3) is 51.5 Å². The van der Waals surface area contributed by atoms with E-state index in [4.69, 9.17) is 9.97 Å². The molecule has 4 nitrogen and oxygen atoms in total. The van der Waals surface area contributed by atoms with Crippen LogP contribution in [0, 0.1) is 0 Å². The van der Waals surface area contributed by atoms with Crippen LogP contribution in [0.15, 0.2) is 146 Å². The van der Waals surface area contributed by atoms with Gasteiger partial charge in [-0.25, -0.2) is 9.97 Å². The number of anilines is 3. The van der Waals surface area contributed by atoms with E-state index < -0.39 is 0 Å². The SMILES string of the molecule is C1=Cc2ccccc2N(c2ccc(-c3nc4cccnc4n3-c3ccccc3-c3ccccc3)cc2)c2ccccc21. The third kappa shape index (κ3) is 4.01. The van der Waals surface area contributed by atoms with Crippen molar-refractivity contribution in [2.75, 3.05) is 4.90 Å². The summed E-state index contributed by atoms with van der Waals surface area (Å²) < 4.78 is 2.19. The first-order valence-corrected chi connectivity index (χ1v) is 14.1. The Balaban J connectivity index is 1.29. The van der Waals surface area contributed by atoms with Crippen LogP contribution >= 0.6 is 0 Å². The van der Waals surface area contributed by atoms with Crippen LogP contribution in [-0.2, 0) is 0 Å². The zero-order valence-corrected chi connectivity index (χ0v) is 22.8. The van der Waals surface area contributed by atoms with Crippen molar-refractivity contribution in [3.63, 3.8) is 0 Å². The van der Waals surface area contributed by atoms with Crippen LogP contribution in [0.3, 0.4) is 0 Å². The summed E-state index contributed by atoms with van der Waals surface area (Å²) in [5.41, 5.74) is 11.8. The molecule has 1 aliphatic heterocycles. The number of hydrogen-bond acceptors (Lipinski definition) is 3. The molecule has 0 atom stereocenters. The summed E-state index contributed by atoms with van der Waals surface area (Å²) in [7, 11) is 0. The average Bonchev–Trinajstić information content (AvgIpc) is 3.36. The number of imidazole rings is 1. The fourth-order valence-electron chi connectivity index (χ4n) is 5.88. The van der Waals surface area contributed by atoms with Gasteiger partial charge >= 0.3 is 0 Å². The summed E-state index contributed by atoms with van der Waals surface area (Å²) in [6.45, 7) is 0. The van der Waals surface area contributed by atoms with Crippen molar-refractivity contribution in [2.24, 2.45) is 0 Å². The van der Waals surface area contributed by atoms with Crippen LogP contribution in [0.2, 0.25) is 0 Å². The maximum atomic E-state index is 5.10. The van der Waals surface area contributed by atoms with E-state index in [1.54, 1.807) is 0 Å². The van der Waals surface area contributed by atoms with Crippen molar-refractivity contribution in [3.8, 4) is 28.2 Å². The summed E-state index contributed by atoms with van der Waals surface area (Å²) in [6.07, 6.45) is 6.23. The predicted molar refractivity (Wildman–Crippen MR) is 173 cm³/mol. The molecule has 0 aliphatic carbocycles. The van der Waals surface area contributed by atoms with Crippen LogP contribution in [0.1, 0.15) is 11.1 Å². The monoisotopic (exact) mass is 538 g/mol. The second-order valence-corrected chi connectivity index (χ2v) is 10.3. The van der Waals surface area contributed by atoms with Crippen LogP contribution in [-0.4, -0.2) is 14.5 Å². The van der Waals surface area contributed by atoms with E-state index in [0.29, 0.717) is 0 Å². The summed E-state index contributed by atoms with van der Waals surface area (Å²) in [6, 6.07) is 48.7. The highest BCUT2D eigenvalue weighted by Crippen LogP contribution is 2.42. The van der Waals surface area contributed by atoms with Crippen LogP contribution < -0.4 is 4.90 Å². The van der Waals surface area contributed by atoms with Gasteiger partial charge in [0, 0.05) is 23.0 Å². The van der Waals surface area contributed by atoms with Gasteiger partial charge in [-0.3, -0.25) is 4.57 Å². The van der Waals surface area contributed by atoms with Gasteiger partial charge in [-0.05, 0) is 71.3 Å². The zero-order chi connectivity index (χ0) is 27.9. The molecule has 1 aliphatic rings. The minimum absolute atomic E-state index is 0.835. The molecule has 0 bridgehead atoms. The minimum atomic E-state index is 0.835. The molecule has 0 saturated carbocycles. The lowest BCUT2D eigenvalue weighted by Gasteiger charge is -2.27. The van der Waals surface area contributed by atoms with Gasteiger partial charge in [-0.15, -0.1) is 0 Å². The van der Waals surface area contributed by atoms with E-state index in [2.05, 4.69) is 143 Å². The van der Waals surface area contributed by atoms with Gasteiger partial charge in [0.05, 0.1) is 17.1 Å². The number of hydrogen-bond donors (Lipinski definition) is 0. The average molecular weight is 539 g/mol. The Morgan fingerprint density at radius 1 is 0.476 bits per heavy atom. The quantitative estimate of drug-likeness (QED) is 0.224. The minimum Gasteiger partial charge on any atom is -0.309 e. The van der Waals surface area contributed by atoms with Gasteiger partial charge < -0.3 is 4.90 Å². The molecule has 42 heavy (non-hydrogen) atoms. The highest BCUT2D eigenvalue weighted by Gasteiger charge is 2.21. The van der Waals surface area contributed by atoms with Gasteiger partial charge in [0.15, 0.2) is 5.65 Å². The molecule has 7 aromatic rings. The van der Waals surface area contributed by atoms with Crippen molar-refractivity contribution >= 4 is 40.4 Å². The molecule has 3 heterocycles. The largest absolute Gasteiger partial charge is 0.309 e. The van der Waals surface area contributed by atoms with Gasteiger partial charge in [0.1, 0.15) is 11.3 Å². The topological polar surface area (TPSA) is 34.0 Å². The van der Waals surface area contributed by atoms with Gasteiger partial charge in [-0.2, -0.15) is 0 Å². The molecule has 198 valence electrons. The number of fused-ring (bicyclic) bond motifs is 3. The standard InChI is InChI=1S/C38H26N4/c1-2-11-27(12-3-1)32-15-6-9-19-36(32)42-37(40-33-16-10-26-39-38(33)42)30-22-24-31(25-23-30)41-34-17-7-4-13-28(34)20-21-29-14-5-8-18-35(29)41/h1-26H. The highest BCUT2D eigenvalue weighted by atomic mass is 15.2. The molecule has 0 fully saturated rings. The van der Waals surface area contributed by atoms with E-state index in [-0.39, 0.29) is 0 Å². The molecule has 8 rings (SSSR count). The maximum absolute atomic E-state index is 5.10. The van der Waals surface area contributed by atoms with E-state index >= 15 is 0 Å². The Morgan fingerprint density at radius 2 is 1.10 bits per heavy atom. The Hall–Kier alpha value is -5.74. The number of aromatic nitrogens is 3. The van der Waals surface area contributed by atoms with Crippen LogP contribution in [0.4, 0.5) is 17.1 Å². The number of pyridine rings is 1. The van der Waals surface area contributed by atoms with Crippen molar-refractivity contribution < 1.29 is 0 Å². The first-order chi connectivity index (χ1) is 20.8. The summed E-state index contributed by atoms with van der Waals surface area (Å²) in [5, 5.41) is 0. The van der Waals surface area contributed by atoms with Crippen molar-refractivity contribution in [1.82, 2.24) is 14.5 Å². The molecule has 0 radical (unpaired) electrons. The smallest absolute Gasteiger partial charge is 0.164 e. The second-order valence-electron chi connectivity index (χ2n) is 10.3. The van der Waals surface area contributed by atoms with E-state index in [1.807, 2.05) is 24.4 Å². The first-order valence-electron chi connectivity index (χ1n) is 14.1. The van der Waals surface area contributed by atoms with Gasteiger partial charge in [-0.1, -0.05) is 97.1 Å². The Morgan fingerprint density at radius 3 is 1.81 bits per heavy atom. The second kappa shape index (κ2) is 10.0. The summed E-state index contributed by atoms with van der Waals surface area (Å²) in [4.78, 5) is 12.2. The fraction of sp³-hybridized carbons (Fsp3) is 0. The molecular weight excluding hydrogens is 512 g/mol. The third-order valence-electron chi connectivity index (χ3n) is 7.83. The van der Waals surface area contributed by atoms with Crippen molar-refractivity contribution in [1.29, 1.82) is 0 Å². The zero-order valence-electron chi connectivity index (χ0n) is 22.8. The third-order valence-corrected chi connectivity index (χ3v) is 7.83. The molecule has 5 aromatic carbocycles. The molecule has 4 heteroatoms. The Kier molecular flexibility index (Phi) is 5.75. The lowest BCUT2D eigenvalue weighted by atomic mass is 10.0. The Bertz CT molecular complexity index is 2040. The van der Waals surface area contributed by atoms with E-state index in [0.717, 1.165) is 56.4 Å². The number of nitrogens with zero attached hydrogens (tertiary/aromatic N) is 4. The fourth-order valence-corrected chi connectivity index (χ4v) is 5.88. The first kappa shape index (κ1) is 24.1. The molecule has 0 N–H and O–H groups in total. The molecular formula is C38H26N4. The van der Waals surface area contributed by atoms with Gasteiger partial charge in [0.2, 0.25) is 0 Å². The maximum Gasteiger partial charge on any atom is 0.164 e. The van der Waals surface area contributed by atoms with Gasteiger partial charge in [0.25, 0.3) is 0 Å². The van der Waals surface area contributed by atoms with E-state index in [9.17, 15) is 0 Å². The predicted octanol–water partition coefficient (Wildman–Crippen LogP) is 9.71. The number of rotatable bonds is 4. The molecule has 2 aromatic heterocycles. The molecule has 0 saturated heterocycles. The van der Waals surface area contributed by atoms with Crippen LogP contribution in [0.5, 0.6) is 0 Å². The lowest BCUT2D eigenvalue weighted by molar-refractivity contribution is 1.08. The summed E-state index contributed by atoms with van der Waals surface area (Å²) >= 11 is 0. The lowest BCUT2D eigenvalue weighted by Crippen LogP contribution is -2.11. The van der Waals surface area contributed by atoms with E-state index in [1.165, 1.54) is 11.1 Å².